The van der Waals surface area contributed by atoms with E-state index in [0.29, 0.717) is 0 Å². The van der Waals surface area contributed by atoms with Crippen molar-refractivity contribution in [1.82, 2.24) is 0 Å². The molecule has 4 heteroatoms. The third-order valence-electron chi connectivity index (χ3n) is 2.11. The van der Waals surface area contributed by atoms with Gasteiger partial charge in [0.05, 0.1) is 6.21 Å². The van der Waals surface area contributed by atoms with Gasteiger partial charge >= 0.3 is 0 Å². The molecule has 1 aliphatic rings. The molecule has 0 bridgehead atoms. The molecule has 1 atom stereocenters. The van der Waals surface area contributed by atoms with Gasteiger partial charge in [0.25, 0.3) is 0 Å². The van der Waals surface area contributed by atoms with Crippen molar-refractivity contribution in [3.05, 3.63) is 34.9 Å². The summed E-state index contributed by atoms with van der Waals surface area (Å²) in [5, 5.41) is 12.2. The van der Waals surface area contributed by atoms with Crippen molar-refractivity contribution in [3.8, 4) is 0 Å². The summed E-state index contributed by atoms with van der Waals surface area (Å²) in [5.41, 5.74) is 0.845. The normalized spacial score (nSPS) is 24.4. The third kappa shape index (κ3) is 1.99. The smallest absolute Gasteiger partial charge is 0.122 e. The fourth-order valence-corrected chi connectivity index (χ4v) is 1.66. The zero-order chi connectivity index (χ0) is 10.0. The lowest BCUT2D eigenvalue weighted by Gasteiger charge is -2.14. The Bertz CT molecular complexity index is 386. The Hall–Kier alpha value is -1.22. The van der Waals surface area contributed by atoms with Gasteiger partial charge < -0.3 is 0 Å². The molecule has 0 N–H and O–H groups in total. The second-order valence-corrected chi connectivity index (χ2v) is 4.03. The van der Waals surface area contributed by atoms with Crippen LogP contribution in [0.2, 0.25) is 5.02 Å². The highest BCUT2D eigenvalue weighted by Crippen LogP contribution is 2.21. The van der Waals surface area contributed by atoms with Crippen molar-refractivity contribution in [2.75, 3.05) is 0 Å². The first-order valence-electron chi connectivity index (χ1n) is 4.39. The molecule has 0 amide bonds. The molecule has 1 aromatic rings. The van der Waals surface area contributed by atoms with Crippen LogP contribution in [0.5, 0.6) is 0 Å². The first-order chi connectivity index (χ1) is 6.68. The van der Waals surface area contributed by atoms with Crippen molar-refractivity contribution in [2.24, 2.45) is 15.4 Å². The molecule has 0 aliphatic carbocycles. The number of hydrogen-bond donors (Lipinski definition) is 0. The van der Waals surface area contributed by atoms with E-state index >= 15 is 0 Å². The van der Waals surface area contributed by atoms with E-state index in [0.717, 1.165) is 17.0 Å². The van der Waals surface area contributed by atoms with E-state index in [9.17, 15) is 0 Å². The van der Waals surface area contributed by atoms with Crippen LogP contribution in [0, 0.1) is 0 Å². The van der Waals surface area contributed by atoms with Gasteiger partial charge in [-0.25, -0.2) is 0 Å². The number of rotatable bonds is 2. The van der Waals surface area contributed by atoms with Gasteiger partial charge in [0, 0.05) is 11.4 Å². The molecule has 3 nitrogen and oxygen atoms in total. The lowest BCUT2D eigenvalue weighted by molar-refractivity contribution is 0.620. The maximum atomic E-state index is 5.89. The van der Waals surface area contributed by atoms with Crippen LogP contribution in [-0.4, -0.2) is 11.8 Å². The largest absolute Gasteiger partial charge is 0.156 e. The first-order valence-corrected chi connectivity index (χ1v) is 4.77. The summed E-state index contributed by atoms with van der Waals surface area (Å²) in [4.78, 5) is 0. The molecule has 14 heavy (non-hydrogen) atoms. The molecule has 1 aromatic carbocycles. The molecule has 0 radical (unpaired) electrons. The minimum absolute atomic E-state index is 0.301. The van der Waals surface area contributed by atoms with E-state index in [2.05, 4.69) is 15.4 Å². The standard InChI is InChI=1S/C10H10ClN3/c1-10(7-12-14-13-10)6-8-3-2-4-9(11)5-8/h2-5,7H,6H2,1H3. The molecular weight excluding hydrogens is 198 g/mol. The molecule has 1 heterocycles. The van der Waals surface area contributed by atoms with Crippen molar-refractivity contribution in [3.63, 3.8) is 0 Å². The van der Waals surface area contributed by atoms with E-state index in [-0.39, 0.29) is 5.54 Å². The van der Waals surface area contributed by atoms with Gasteiger partial charge in [-0.2, -0.15) is 5.11 Å². The average Bonchev–Trinajstić information content (AvgIpc) is 2.51. The highest BCUT2D eigenvalue weighted by atomic mass is 35.5. The monoisotopic (exact) mass is 207 g/mol. The van der Waals surface area contributed by atoms with Crippen LogP contribution in [0.4, 0.5) is 0 Å². The van der Waals surface area contributed by atoms with E-state index in [1.807, 2.05) is 31.2 Å². The SMILES string of the molecule is CC1(Cc2cccc(Cl)c2)C=NN=N1. The Labute approximate surface area is 87.5 Å². The summed E-state index contributed by atoms with van der Waals surface area (Å²) < 4.78 is 0. The summed E-state index contributed by atoms with van der Waals surface area (Å²) in [6.07, 6.45) is 2.54. The maximum absolute atomic E-state index is 5.89. The number of benzene rings is 1. The number of hydrogen-bond acceptors (Lipinski definition) is 3. The van der Waals surface area contributed by atoms with E-state index in [4.69, 9.17) is 11.6 Å². The Morgan fingerprint density at radius 1 is 1.43 bits per heavy atom. The molecule has 1 aliphatic heterocycles. The number of halogens is 1. The summed E-state index contributed by atoms with van der Waals surface area (Å²) in [5.74, 6) is 0. The quantitative estimate of drug-likeness (QED) is 0.715. The minimum Gasteiger partial charge on any atom is -0.156 e. The van der Waals surface area contributed by atoms with Crippen LogP contribution in [0.3, 0.4) is 0 Å². The lowest BCUT2D eigenvalue weighted by atomic mass is 9.95. The molecule has 0 fully saturated rings. The topological polar surface area (TPSA) is 37.1 Å². The summed E-state index contributed by atoms with van der Waals surface area (Å²) in [6, 6.07) is 7.76. The van der Waals surface area contributed by atoms with Crippen molar-refractivity contribution < 1.29 is 0 Å². The summed E-state index contributed by atoms with van der Waals surface area (Å²) in [7, 11) is 0. The number of nitrogens with zero attached hydrogens (tertiary/aromatic N) is 3. The van der Waals surface area contributed by atoms with Crippen LogP contribution < -0.4 is 0 Å². The van der Waals surface area contributed by atoms with Gasteiger partial charge in [-0.05, 0) is 29.8 Å². The predicted molar refractivity (Wildman–Crippen MR) is 56.9 cm³/mol. The Morgan fingerprint density at radius 3 is 2.93 bits per heavy atom. The third-order valence-corrected chi connectivity index (χ3v) is 2.35. The fraction of sp³-hybridized carbons (Fsp3) is 0.300. The van der Waals surface area contributed by atoms with E-state index in [1.165, 1.54) is 0 Å². The highest BCUT2D eigenvalue weighted by Gasteiger charge is 2.25. The molecule has 0 spiro atoms. The van der Waals surface area contributed by atoms with Crippen LogP contribution in [0.15, 0.2) is 39.7 Å². The predicted octanol–water partition coefficient (Wildman–Crippen LogP) is 3.09. The van der Waals surface area contributed by atoms with Gasteiger partial charge in [0.15, 0.2) is 0 Å². The van der Waals surface area contributed by atoms with Gasteiger partial charge in [0.1, 0.15) is 5.54 Å². The minimum atomic E-state index is -0.301. The van der Waals surface area contributed by atoms with Crippen LogP contribution in [0.1, 0.15) is 12.5 Å². The van der Waals surface area contributed by atoms with Crippen LogP contribution in [-0.2, 0) is 6.42 Å². The van der Waals surface area contributed by atoms with Crippen molar-refractivity contribution >= 4 is 17.8 Å². The van der Waals surface area contributed by atoms with Crippen molar-refractivity contribution in [1.29, 1.82) is 0 Å². The molecule has 2 rings (SSSR count). The Kier molecular flexibility index (Phi) is 2.33. The molecule has 72 valence electrons. The summed E-state index contributed by atoms with van der Waals surface area (Å²) in [6.45, 7) is 1.99. The zero-order valence-electron chi connectivity index (χ0n) is 7.81. The van der Waals surface area contributed by atoms with Gasteiger partial charge in [-0.15, -0.1) is 5.10 Å². The molecular formula is C10H10ClN3. The first kappa shape index (κ1) is 9.34. The second kappa shape index (κ2) is 3.50. The molecule has 0 aromatic heterocycles. The lowest BCUT2D eigenvalue weighted by Crippen LogP contribution is -2.24. The Morgan fingerprint density at radius 2 is 2.29 bits per heavy atom. The summed E-state index contributed by atoms with van der Waals surface area (Å²) >= 11 is 5.89. The molecule has 1 unspecified atom stereocenters. The van der Waals surface area contributed by atoms with Gasteiger partial charge in [-0.1, -0.05) is 23.7 Å². The molecule has 0 saturated carbocycles. The van der Waals surface area contributed by atoms with E-state index in [1.54, 1.807) is 6.21 Å². The van der Waals surface area contributed by atoms with Crippen LogP contribution in [0.25, 0.3) is 0 Å². The second-order valence-electron chi connectivity index (χ2n) is 3.60. The molecule has 0 saturated heterocycles. The van der Waals surface area contributed by atoms with E-state index < -0.39 is 0 Å². The Balaban J connectivity index is 2.18. The average molecular weight is 208 g/mol. The maximum Gasteiger partial charge on any atom is 0.122 e. The van der Waals surface area contributed by atoms with Gasteiger partial charge in [-0.3, -0.25) is 0 Å². The highest BCUT2D eigenvalue weighted by molar-refractivity contribution is 6.30. The van der Waals surface area contributed by atoms with Gasteiger partial charge in [0.2, 0.25) is 0 Å². The fourth-order valence-electron chi connectivity index (χ4n) is 1.45. The zero-order valence-corrected chi connectivity index (χ0v) is 8.57. The van der Waals surface area contributed by atoms with Crippen molar-refractivity contribution in [2.45, 2.75) is 18.9 Å². The van der Waals surface area contributed by atoms with Crippen LogP contribution >= 0.6 is 11.6 Å².